The maximum atomic E-state index is 13.3. The number of piperidine rings is 1. The second kappa shape index (κ2) is 6.33. The highest BCUT2D eigenvalue weighted by molar-refractivity contribution is 6.01. The minimum absolute atomic E-state index is 0.00239. The molecule has 1 aromatic heterocycles. The van der Waals surface area contributed by atoms with Gasteiger partial charge in [0.2, 0.25) is 5.91 Å². The van der Waals surface area contributed by atoms with E-state index >= 15 is 0 Å². The predicted molar refractivity (Wildman–Crippen MR) is 104 cm³/mol. The third kappa shape index (κ3) is 2.58. The number of aromatic nitrogens is 1. The van der Waals surface area contributed by atoms with Crippen molar-refractivity contribution in [2.24, 2.45) is 5.92 Å². The molecular formula is C22H23N3O3. The third-order valence-corrected chi connectivity index (χ3v) is 6.47. The highest BCUT2D eigenvalue weighted by atomic mass is 16.2. The Labute approximate surface area is 163 Å². The smallest absolute Gasteiger partial charge is 0.255 e. The van der Waals surface area contributed by atoms with Crippen LogP contribution in [0, 0.1) is 5.92 Å². The molecule has 0 N–H and O–H groups in total. The summed E-state index contributed by atoms with van der Waals surface area (Å²) >= 11 is 0. The van der Waals surface area contributed by atoms with E-state index in [0.717, 1.165) is 17.7 Å². The van der Waals surface area contributed by atoms with Gasteiger partial charge < -0.3 is 14.4 Å². The van der Waals surface area contributed by atoms with Gasteiger partial charge in [0.05, 0.1) is 0 Å². The molecule has 0 spiro atoms. The monoisotopic (exact) mass is 377 g/mol. The van der Waals surface area contributed by atoms with Gasteiger partial charge in [-0.05, 0) is 37.0 Å². The summed E-state index contributed by atoms with van der Waals surface area (Å²) in [6, 6.07) is 12.5. The van der Waals surface area contributed by atoms with Crippen molar-refractivity contribution in [3.05, 3.63) is 69.6 Å². The number of hydrogen-bond acceptors (Lipinski definition) is 3. The molecule has 0 aliphatic carbocycles. The first-order chi connectivity index (χ1) is 13.5. The van der Waals surface area contributed by atoms with Crippen LogP contribution in [0.25, 0.3) is 0 Å². The second-order valence-corrected chi connectivity index (χ2v) is 8.21. The molecule has 2 unspecified atom stereocenters. The van der Waals surface area contributed by atoms with Crippen LogP contribution in [0.15, 0.2) is 47.3 Å². The Balaban J connectivity index is 1.36. The fraction of sp³-hybridized carbons (Fsp3) is 0.409. The van der Waals surface area contributed by atoms with Gasteiger partial charge in [0, 0.05) is 49.4 Å². The Morgan fingerprint density at radius 3 is 2.68 bits per heavy atom. The number of hydrogen-bond donors (Lipinski definition) is 0. The van der Waals surface area contributed by atoms with Gasteiger partial charge >= 0.3 is 0 Å². The molecule has 28 heavy (non-hydrogen) atoms. The van der Waals surface area contributed by atoms with Crippen LogP contribution < -0.4 is 5.56 Å². The van der Waals surface area contributed by atoms with Gasteiger partial charge in [-0.15, -0.1) is 0 Å². The van der Waals surface area contributed by atoms with E-state index in [0.29, 0.717) is 31.7 Å². The van der Waals surface area contributed by atoms with E-state index in [9.17, 15) is 14.4 Å². The maximum absolute atomic E-state index is 13.3. The second-order valence-electron chi connectivity index (χ2n) is 8.21. The van der Waals surface area contributed by atoms with Crippen LogP contribution in [0.2, 0.25) is 0 Å². The molecule has 1 fully saturated rings. The Morgan fingerprint density at radius 2 is 1.86 bits per heavy atom. The van der Waals surface area contributed by atoms with Crippen LogP contribution in [0.3, 0.4) is 0 Å². The topological polar surface area (TPSA) is 62.6 Å². The maximum Gasteiger partial charge on any atom is 0.255 e. The van der Waals surface area contributed by atoms with Crippen molar-refractivity contribution in [2.75, 3.05) is 13.1 Å². The van der Waals surface area contributed by atoms with Crippen molar-refractivity contribution in [3.63, 3.8) is 0 Å². The van der Waals surface area contributed by atoms with Crippen LogP contribution in [-0.2, 0) is 17.9 Å². The van der Waals surface area contributed by atoms with Crippen LogP contribution in [0.4, 0.5) is 0 Å². The highest BCUT2D eigenvalue weighted by Gasteiger charge is 2.40. The van der Waals surface area contributed by atoms with Gasteiger partial charge in [-0.1, -0.05) is 24.3 Å². The predicted octanol–water partition coefficient (Wildman–Crippen LogP) is 1.84. The molecule has 3 aliphatic heterocycles. The van der Waals surface area contributed by atoms with Crippen molar-refractivity contribution in [1.29, 1.82) is 0 Å². The molecule has 0 saturated carbocycles. The summed E-state index contributed by atoms with van der Waals surface area (Å²) in [4.78, 5) is 41.7. The largest absolute Gasteiger partial charge is 0.340 e. The molecule has 2 bridgehead atoms. The van der Waals surface area contributed by atoms with Gasteiger partial charge in [-0.25, -0.2) is 0 Å². The fourth-order valence-corrected chi connectivity index (χ4v) is 5.06. The first-order valence-electron chi connectivity index (χ1n) is 9.90. The van der Waals surface area contributed by atoms with Crippen molar-refractivity contribution < 1.29 is 9.59 Å². The van der Waals surface area contributed by atoms with Gasteiger partial charge in [0.1, 0.15) is 6.04 Å². The number of amides is 2. The van der Waals surface area contributed by atoms with Crippen LogP contribution >= 0.6 is 0 Å². The molecule has 5 rings (SSSR count). The normalized spacial score (nSPS) is 24.0. The number of likely N-dealkylation sites (tertiary alicyclic amines) is 1. The average molecular weight is 377 g/mol. The molecule has 6 heteroatoms. The third-order valence-electron chi connectivity index (χ3n) is 6.47. The number of fused-ring (bicyclic) bond motifs is 5. The van der Waals surface area contributed by atoms with Crippen molar-refractivity contribution >= 4 is 11.8 Å². The number of nitrogens with zero attached hydrogens (tertiary/aromatic N) is 3. The Morgan fingerprint density at radius 1 is 1.04 bits per heavy atom. The zero-order valence-electron chi connectivity index (χ0n) is 15.9. The number of rotatable bonds is 2. The van der Waals surface area contributed by atoms with E-state index in [1.165, 1.54) is 0 Å². The summed E-state index contributed by atoms with van der Waals surface area (Å²) in [5.74, 6) is 0.408. The van der Waals surface area contributed by atoms with Crippen LogP contribution in [0.1, 0.15) is 40.9 Å². The SMILES string of the molecule is C[C@@H](C(=O)N1CC2CC(C1)c1cccc(=O)n1C2)N1Cc2ccccc2C1=O. The number of benzene rings is 1. The zero-order valence-corrected chi connectivity index (χ0v) is 15.9. The molecule has 3 aliphatic rings. The summed E-state index contributed by atoms with van der Waals surface area (Å²) in [7, 11) is 0. The summed E-state index contributed by atoms with van der Waals surface area (Å²) in [5.41, 5.74) is 2.75. The minimum atomic E-state index is -0.489. The van der Waals surface area contributed by atoms with E-state index in [2.05, 4.69) is 0 Å². The summed E-state index contributed by atoms with van der Waals surface area (Å²) in [6.45, 7) is 4.24. The Kier molecular flexibility index (Phi) is 3.89. The summed E-state index contributed by atoms with van der Waals surface area (Å²) in [5, 5.41) is 0. The zero-order chi connectivity index (χ0) is 19.4. The van der Waals surface area contributed by atoms with Crippen molar-refractivity contribution in [2.45, 2.75) is 38.4 Å². The van der Waals surface area contributed by atoms with Gasteiger partial charge in [0.25, 0.3) is 11.5 Å². The van der Waals surface area contributed by atoms with Gasteiger partial charge in [-0.3, -0.25) is 14.4 Å². The molecule has 1 saturated heterocycles. The number of carbonyl (C=O) groups excluding carboxylic acids is 2. The van der Waals surface area contributed by atoms with Crippen LogP contribution in [0.5, 0.6) is 0 Å². The lowest BCUT2D eigenvalue weighted by atomic mass is 9.83. The first-order valence-corrected chi connectivity index (χ1v) is 9.90. The molecule has 1 aromatic carbocycles. The molecular weight excluding hydrogens is 354 g/mol. The quantitative estimate of drug-likeness (QED) is 0.802. The van der Waals surface area contributed by atoms with E-state index in [1.54, 1.807) is 17.0 Å². The lowest BCUT2D eigenvalue weighted by Crippen LogP contribution is -2.54. The molecule has 3 atom stereocenters. The molecule has 4 heterocycles. The fourth-order valence-electron chi connectivity index (χ4n) is 5.06. The molecule has 6 nitrogen and oxygen atoms in total. The Bertz CT molecular complexity index is 1030. The van der Waals surface area contributed by atoms with Crippen molar-refractivity contribution in [3.8, 4) is 0 Å². The van der Waals surface area contributed by atoms with Crippen molar-refractivity contribution in [1.82, 2.24) is 14.4 Å². The molecule has 2 amide bonds. The van der Waals surface area contributed by atoms with E-state index < -0.39 is 6.04 Å². The highest BCUT2D eigenvalue weighted by Crippen LogP contribution is 2.35. The van der Waals surface area contributed by atoms with Gasteiger partial charge in [-0.2, -0.15) is 0 Å². The molecule has 144 valence electrons. The Hall–Kier alpha value is -2.89. The summed E-state index contributed by atoms with van der Waals surface area (Å²) in [6.07, 6.45) is 1.01. The van der Waals surface area contributed by atoms with E-state index in [1.807, 2.05) is 46.7 Å². The molecule has 2 aromatic rings. The standard InChI is InChI=1S/C22H23N3O3/c1-14(24-13-16-5-2-3-6-18(16)22(24)28)21(27)23-10-15-9-17(12-23)19-7-4-8-20(26)25(19)11-15/h2-8,14-15,17H,9-13H2,1H3/t14-,15?,17?/m0/s1. The van der Waals surface area contributed by atoms with Gasteiger partial charge in [0.15, 0.2) is 0 Å². The average Bonchev–Trinajstić information content (AvgIpc) is 3.04. The summed E-state index contributed by atoms with van der Waals surface area (Å²) < 4.78 is 1.87. The van der Waals surface area contributed by atoms with Crippen LogP contribution in [-0.4, -0.2) is 45.3 Å². The number of pyridine rings is 1. The number of carbonyl (C=O) groups is 2. The lowest BCUT2D eigenvalue weighted by Gasteiger charge is -2.44. The van der Waals surface area contributed by atoms with E-state index in [4.69, 9.17) is 0 Å². The molecule has 0 radical (unpaired) electrons. The first kappa shape index (κ1) is 17.2. The minimum Gasteiger partial charge on any atom is -0.340 e. The lowest BCUT2D eigenvalue weighted by molar-refractivity contribution is -0.138. The van der Waals surface area contributed by atoms with E-state index in [-0.39, 0.29) is 29.2 Å².